The minimum Gasteiger partial charge on any atom is -0.458 e. The number of ether oxygens (including phenoxy) is 5. The molecule has 0 aliphatic carbocycles. The van der Waals surface area contributed by atoms with Crippen LogP contribution in [0.3, 0.4) is 0 Å². The van der Waals surface area contributed by atoms with E-state index < -0.39 is 0 Å². The van der Waals surface area contributed by atoms with Gasteiger partial charge >= 0.3 is 0 Å². The second-order valence-corrected chi connectivity index (χ2v) is 26.1. The van der Waals surface area contributed by atoms with Gasteiger partial charge in [0.1, 0.15) is 57.5 Å². The molecule has 8 aliphatic rings. The van der Waals surface area contributed by atoms with E-state index in [2.05, 4.69) is 323 Å². The highest BCUT2D eigenvalue weighted by molar-refractivity contribution is 7.05. The second-order valence-electron chi connectivity index (χ2n) is 26.1. The molecule has 14 aromatic carbocycles. The van der Waals surface area contributed by atoms with Crippen LogP contribution in [-0.4, -0.2) is 26.9 Å². The van der Waals surface area contributed by atoms with Crippen LogP contribution in [-0.2, 0) is 0 Å². The van der Waals surface area contributed by atoms with Crippen LogP contribution < -0.4 is 109 Å². The van der Waals surface area contributed by atoms with E-state index in [4.69, 9.17) is 23.7 Å². The first-order valence-electron chi connectivity index (χ1n) is 33.2. The predicted octanol–water partition coefficient (Wildman–Crippen LogP) is 13.1. The number of anilines is 12. The molecule has 22 rings (SSSR count). The van der Waals surface area contributed by atoms with Crippen molar-refractivity contribution in [2.45, 2.75) is 0 Å². The predicted molar refractivity (Wildman–Crippen MR) is 396 cm³/mol. The molecule has 8 heterocycles. The molecule has 0 saturated carbocycles. The van der Waals surface area contributed by atoms with Gasteiger partial charge in [-0.25, -0.2) is 0 Å². The first-order valence-corrected chi connectivity index (χ1v) is 33.2. The molecule has 0 saturated heterocycles. The van der Waals surface area contributed by atoms with Crippen LogP contribution in [0, 0.1) is 0 Å². The van der Waals surface area contributed by atoms with Crippen molar-refractivity contribution in [3.63, 3.8) is 0 Å². The first-order chi connectivity index (χ1) is 48.1. The molecule has 0 radical (unpaired) electrons. The van der Waals surface area contributed by atoms with Crippen LogP contribution in [0.25, 0.3) is 0 Å². The van der Waals surface area contributed by atoms with Gasteiger partial charge in [0.05, 0.1) is 11.4 Å². The lowest BCUT2D eigenvalue weighted by molar-refractivity contribution is 0.456. The monoisotopic (exact) mass is 1240 g/mol. The Labute approximate surface area is 561 Å². The summed E-state index contributed by atoms with van der Waals surface area (Å²) in [5.41, 5.74) is 25.9. The average Bonchev–Trinajstić information content (AvgIpc) is 0.670. The number of benzene rings is 14. The molecule has 0 bridgehead atoms. The van der Waals surface area contributed by atoms with Crippen LogP contribution in [0.2, 0.25) is 0 Å². The smallest absolute Gasteiger partial charge is 0.260 e. The zero-order valence-corrected chi connectivity index (χ0v) is 52.0. The van der Waals surface area contributed by atoms with Crippen molar-refractivity contribution in [3.05, 3.63) is 303 Å². The number of rotatable bonds is 7. The molecule has 448 valence electrons. The normalized spacial score (nSPS) is 13.9. The molecule has 0 spiro atoms. The molecule has 9 nitrogen and oxygen atoms in total. The molecule has 14 aromatic rings. The first kappa shape index (κ1) is 53.0. The summed E-state index contributed by atoms with van der Waals surface area (Å²) in [6.45, 7) is -0.850. The van der Waals surface area contributed by atoms with E-state index >= 15 is 0 Å². The average molecular weight is 1240 g/mol. The topological polar surface area (TPSA) is 59.1 Å². The van der Waals surface area contributed by atoms with Crippen molar-refractivity contribution in [2.75, 3.05) is 19.6 Å². The third kappa shape index (κ3) is 7.53. The summed E-state index contributed by atoms with van der Waals surface area (Å²) < 4.78 is 36.7. The fraction of sp³-hybridized carbons (Fsp3) is 0. The third-order valence-electron chi connectivity index (χ3n) is 21.0. The minimum absolute atomic E-state index is 0.200. The van der Waals surface area contributed by atoms with Gasteiger partial charge < -0.3 is 43.3 Å². The summed E-state index contributed by atoms with van der Waals surface area (Å²) >= 11 is 0. The lowest BCUT2D eigenvalue weighted by Crippen LogP contribution is -2.69. The SMILES string of the molecule is c1ccc(N(c2ccccc2)c2cc3c4c(c2)Oc2cc5c(cc2B4c2ccccc2O3)B2c3ccccc3N3c4cc6c(cc4B4c7ccccc7N(c7ccccc7)c7cc(c2c3c74)O5)B2c3ccccc3Oc3cc(N(c4ccccc4)c4ccccc4)cc(c32)O6)cc1. The standard InChI is InChI=1S/C84H50B4N4O5/c1-6-24-51(25-7-1)89(52-26-8-2-9-27-52)56-42-75-81-77(44-56)95-72-48-68-62(46-63(72)87(81)60-36-18-22-40-70(60)93-75)85-58-34-16-20-38-66(58)91(55-32-14-5-15-33-55)69-49-79-83-84(80(69)85)92(68)67-39-21-17-35-59(67)86(83)64-47-65-74(50-73(64)97-79)96-78-45-57(43-76-82(78)88(65)61-37-19-23-41-71(61)94-76)90(53-28-10-3-11-29-53)54-30-12-4-13-31-54/h1-50H. The second kappa shape index (κ2) is 20.0. The van der Waals surface area contributed by atoms with Gasteiger partial charge in [-0.05, 0) is 140 Å². The maximum absolute atomic E-state index is 7.68. The Kier molecular flexibility index (Phi) is 10.9. The molecule has 0 aromatic heterocycles. The summed E-state index contributed by atoms with van der Waals surface area (Å²) in [6.07, 6.45) is 0. The number of hydrogen-bond acceptors (Lipinski definition) is 9. The molecule has 97 heavy (non-hydrogen) atoms. The Morgan fingerprint density at radius 1 is 0.206 bits per heavy atom. The van der Waals surface area contributed by atoms with E-state index in [9.17, 15) is 0 Å². The summed E-state index contributed by atoms with van der Waals surface area (Å²) in [6, 6.07) is 108. The zero-order valence-electron chi connectivity index (χ0n) is 52.0. The Morgan fingerprint density at radius 2 is 0.546 bits per heavy atom. The van der Waals surface area contributed by atoms with Crippen LogP contribution in [0.15, 0.2) is 303 Å². The lowest BCUT2D eigenvalue weighted by Gasteiger charge is -2.49. The van der Waals surface area contributed by atoms with Crippen LogP contribution >= 0.6 is 0 Å². The number of nitrogens with zero attached hydrogens (tertiary/aromatic N) is 4. The van der Waals surface area contributed by atoms with Crippen LogP contribution in [0.1, 0.15) is 0 Å². The van der Waals surface area contributed by atoms with Crippen molar-refractivity contribution in [1.82, 2.24) is 0 Å². The van der Waals surface area contributed by atoms with Crippen LogP contribution in [0.4, 0.5) is 68.2 Å². The van der Waals surface area contributed by atoms with Crippen molar-refractivity contribution >= 4 is 161 Å². The molecule has 0 unspecified atom stereocenters. The van der Waals surface area contributed by atoms with Gasteiger partial charge in [-0.3, -0.25) is 0 Å². The quantitative estimate of drug-likeness (QED) is 0.145. The Balaban J connectivity index is 0.760. The highest BCUT2D eigenvalue weighted by Gasteiger charge is 2.54. The lowest BCUT2D eigenvalue weighted by atomic mass is 9.28. The number of hydrogen-bond donors (Lipinski definition) is 0. The van der Waals surface area contributed by atoms with E-state index in [1.807, 2.05) is 0 Å². The highest BCUT2D eigenvalue weighted by Crippen LogP contribution is 2.51. The Hall–Kier alpha value is -12.5. The fourth-order valence-electron chi connectivity index (χ4n) is 17.2. The van der Waals surface area contributed by atoms with E-state index in [1.54, 1.807) is 0 Å². The van der Waals surface area contributed by atoms with Gasteiger partial charge in [-0.2, -0.15) is 0 Å². The van der Waals surface area contributed by atoms with Gasteiger partial charge in [-0.15, -0.1) is 0 Å². The van der Waals surface area contributed by atoms with Gasteiger partial charge in [0.2, 0.25) is 0 Å². The summed E-state index contributed by atoms with van der Waals surface area (Å²) in [5.74, 6) is 7.79. The maximum Gasteiger partial charge on any atom is 0.260 e. The van der Waals surface area contributed by atoms with Crippen molar-refractivity contribution in [2.24, 2.45) is 0 Å². The summed E-state index contributed by atoms with van der Waals surface area (Å²) in [7, 11) is 0. The van der Waals surface area contributed by atoms with E-state index in [1.165, 1.54) is 21.9 Å². The number of fused-ring (bicyclic) bond motifs is 18. The van der Waals surface area contributed by atoms with Crippen molar-refractivity contribution in [3.8, 4) is 57.5 Å². The van der Waals surface area contributed by atoms with Crippen LogP contribution in [0.5, 0.6) is 57.5 Å². The Morgan fingerprint density at radius 3 is 1.02 bits per heavy atom. The molecule has 0 amide bonds. The molecule has 8 aliphatic heterocycles. The van der Waals surface area contributed by atoms with E-state index in [0.29, 0.717) is 0 Å². The van der Waals surface area contributed by atoms with Crippen molar-refractivity contribution < 1.29 is 23.7 Å². The van der Waals surface area contributed by atoms with E-state index in [0.717, 1.165) is 169 Å². The summed E-state index contributed by atoms with van der Waals surface area (Å²) in [4.78, 5) is 9.56. The van der Waals surface area contributed by atoms with E-state index in [-0.39, 0.29) is 26.9 Å². The Bertz CT molecular complexity index is 5630. The summed E-state index contributed by atoms with van der Waals surface area (Å²) in [5, 5.41) is 0. The minimum atomic E-state index is -0.238. The van der Waals surface area contributed by atoms with Gasteiger partial charge in [0.25, 0.3) is 26.9 Å². The van der Waals surface area contributed by atoms with Gasteiger partial charge in [0, 0.05) is 110 Å². The molecular formula is C84H50B4N4O5. The molecule has 0 N–H and O–H groups in total. The third-order valence-corrected chi connectivity index (χ3v) is 21.0. The molecule has 13 heteroatoms. The number of para-hydroxylation sites is 9. The highest BCUT2D eigenvalue weighted by atomic mass is 16.5. The van der Waals surface area contributed by atoms with Gasteiger partial charge in [0.15, 0.2) is 0 Å². The molecular weight excluding hydrogens is 1190 g/mol. The maximum atomic E-state index is 7.68. The largest absolute Gasteiger partial charge is 0.458 e. The van der Waals surface area contributed by atoms with Gasteiger partial charge in [-0.1, -0.05) is 176 Å². The van der Waals surface area contributed by atoms with Crippen molar-refractivity contribution in [1.29, 1.82) is 0 Å². The fourth-order valence-corrected chi connectivity index (χ4v) is 17.2. The molecule has 0 atom stereocenters. The zero-order chi connectivity index (χ0) is 63.1. The molecule has 0 fully saturated rings.